The van der Waals surface area contributed by atoms with Crippen LogP contribution < -0.4 is 15.0 Å². The summed E-state index contributed by atoms with van der Waals surface area (Å²) in [6, 6.07) is 9.10. The van der Waals surface area contributed by atoms with Crippen LogP contribution in [-0.2, 0) is 4.79 Å². The monoisotopic (exact) mass is 303 g/mol. The summed E-state index contributed by atoms with van der Waals surface area (Å²) < 4.78 is 5.30. The summed E-state index contributed by atoms with van der Waals surface area (Å²) in [5.74, 6) is 1.16. The maximum Gasteiger partial charge on any atom is 0.224 e. The van der Waals surface area contributed by atoms with Gasteiger partial charge >= 0.3 is 0 Å². The first-order chi connectivity index (χ1) is 10.7. The molecule has 2 saturated heterocycles. The molecule has 2 fully saturated rings. The number of hydrogen-bond acceptors (Lipinski definition) is 4. The fourth-order valence-electron chi connectivity index (χ4n) is 3.42. The van der Waals surface area contributed by atoms with Gasteiger partial charge in [0, 0.05) is 56.9 Å². The number of carbonyl (C=O) groups is 1. The number of methoxy groups -OCH3 is 1. The zero-order valence-corrected chi connectivity index (χ0v) is 13.4. The molecule has 5 heteroatoms. The summed E-state index contributed by atoms with van der Waals surface area (Å²) in [4.78, 5) is 15.8. The molecule has 0 radical (unpaired) electrons. The fraction of sp³-hybridized carbons (Fsp3) is 0.588. The predicted molar refractivity (Wildman–Crippen MR) is 87.4 cm³/mol. The number of nitrogens with zero attached hydrogens (tertiary/aromatic N) is 2. The first-order valence-electron chi connectivity index (χ1n) is 8.04. The van der Waals surface area contributed by atoms with Gasteiger partial charge in [0.1, 0.15) is 5.75 Å². The van der Waals surface area contributed by atoms with Gasteiger partial charge in [-0.15, -0.1) is 0 Å². The minimum absolute atomic E-state index is 0.256. The first kappa shape index (κ1) is 15.2. The second-order valence-electron chi connectivity index (χ2n) is 6.30. The third-order valence-electron chi connectivity index (χ3n) is 4.73. The number of likely N-dealkylation sites (N-methyl/N-ethyl adjacent to an activating group) is 1. The minimum atomic E-state index is 0.256. The molecule has 5 nitrogen and oxygen atoms in total. The normalized spacial score (nSPS) is 23.2. The molecule has 0 aromatic heterocycles. The van der Waals surface area contributed by atoms with Crippen LogP contribution in [0.25, 0.3) is 0 Å². The zero-order valence-electron chi connectivity index (χ0n) is 13.4. The third-order valence-corrected chi connectivity index (χ3v) is 4.73. The van der Waals surface area contributed by atoms with Crippen molar-refractivity contribution in [1.82, 2.24) is 10.2 Å². The molecule has 2 aliphatic heterocycles. The summed E-state index contributed by atoms with van der Waals surface area (Å²) in [7, 11) is 3.59. The quantitative estimate of drug-likeness (QED) is 0.915. The number of amides is 1. The van der Waals surface area contributed by atoms with Crippen molar-refractivity contribution in [3.05, 3.63) is 24.3 Å². The van der Waals surface area contributed by atoms with Gasteiger partial charge in [-0.25, -0.2) is 0 Å². The number of piperidine rings is 1. The van der Waals surface area contributed by atoms with Crippen LogP contribution in [0.5, 0.6) is 5.75 Å². The average Bonchev–Trinajstić information content (AvgIpc) is 2.86. The number of nitrogens with one attached hydrogen (secondary N) is 1. The largest absolute Gasteiger partial charge is 0.497 e. The van der Waals surface area contributed by atoms with Gasteiger partial charge in [-0.3, -0.25) is 4.79 Å². The van der Waals surface area contributed by atoms with Crippen molar-refractivity contribution >= 4 is 11.6 Å². The van der Waals surface area contributed by atoms with E-state index in [0.717, 1.165) is 38.2 Å². The molecule has 2 heterocycles. The second-order valence-corrected chi connectivity index (χ2v) is 6.30. The highest BCUT2D eigenvalue weighted by molar-refractivity contribution is 5.78. The van der Waals surface area contributed by atoms with E-state index < -0.39 is 0 Å². The van der Waals surface area contributed by atoms with Crippen LogP contribution in [0.1, 0.15) is 19.3 Å². The van der Waals surface area contributed by atoms with Crippen molar-refractivity contribution in [2.75, 3.05) is 38.7 Å². The molecule has 22 heavy (non-hydrogen) atoms. The molecule has 0 saturated carbocycles. The average molecular weight is 303 g/mol. The van der Waals surface area contributed by atoms with E-state index in [0.29, 0.717) is 18.5 Å². The molecule has 1 atom stereocenters. The predicted octanol–water partition coefficient (Wildman–Crippen LogP) is 1.48. The lowest BCUT2D eigenvalue weighted by Gasteiger charge is -2.35. The molecular weight excluding hydrogens is 278 g/mol. The Morgan fingerprint density at radius 3 is 2.64 bits per heavy atom. The maximum absolute atomic E-state index is 11.6. The van der Waals surface area contributed by atoms with Crippen molar-refractivity contribution < 1.29 is 9.53 Å². The lowest BCUT2D eigenvalue weighted by atomic mass is 10.0. The number of likely N-dealkylation sites (tertiary alicyclic amines) is 1. The molecule has 1 N–H and O–H groups in total. The van der Waals surface area contributed by atoms with Gasteiger partial charge in [0.05, 0.1) is 7.11 Å². The number of anilines is 1. The van der Waals surface area contributed by atoms with Crippen LogP contribution in [0.2, 0.25) is 0 Å². The topological polar surface area (TPSA) is 44.8 Å². The lowest BCUT2D eigenvalue weighted by Crippen LogP contribution is -2.46. The van der Waals surface area contributed by atoms with Crippen LogP contribution in [-0.4, -0.2) is 56.7 Å². The van der Waals surface area contributed by atoms with E-state index in [2.05, 4.69) is 22.3 Å². The van der Waals surface area contributed by atoms with Crippen molar-refractivity contribution in [1.29, 1.82) is 0 Å². The summed E-state index contributed by atoms with van der Waals surface area (Å²) >= 11 is 0. The maximum atomic E-state index is 11.6. The van der Waals surface area contributed by atoms with Gasteiger partial charge in [0.25, 0.3) is 0 Å². The molecule has 0 bridgehead atoms. The van der Waals surface area contributed by atoms with Gasteiger partial charge in [0.15, 0.2) is 0 Å². The zero-order chi connectivity index (χ0) is 15.5. The smallest absolute Gasteiger partial charge is 0.224 e. The van der Waals surface area contributed by atoms with E-state index in [-0.39, 0.29) is 5.91 Å². The van der Waals surface area contributed by atoms with Gasteiger partial charge in [-0.05, 0) is 25.0 Å². The lowest BCUT2D eigenvalue weighted by molar-refractivity contribution is -0.126. The van der Waals surface area contributed by atoms with Crippen LogP contribution in [0.4, 0.5) is 5.69 Å². The summed E-state index contributed by atoms with van der Waals surface area (Å²) in [6.07, 6.45) is 2.88. The van der Waals surface area contributed by atoms with Gasteiger partial charge in [0.2, 0.25) is 5.91 Å². The summed E-state index contributed by atoms with van der Waals surface area (Å²) in [5.41, 5.74) is 1.23. The standard InChI is InChI=1S/C17H25N3O2/c1-19-12-14(10-17(19)21)18-13-6-8-20(9-7-13)15-4-3-5-16(11-15)22-2/h3-5,11,13-14,18H,6-10,12H2,1-2H3. The Bertz CT molecular complexity index is 526. The van der Waals surface area contributed by atoms with Crippen LogP contribution >= 0.6 is 0 Å². The van der Waals surface area contributed by atoms with E-state index in [1.807, 2.05) is 24.1 Å². The van der Waals surface area contributed by atoms with E-state index in [1.54, 1.807) is 7.11 Å². The summed E-state index contributed by atoms with van der Waals surface area (Å²) in [6.45, 7) is 2.93. The van der Waals surface area contributed by atoms with Crippen molar-refractivity contribution in [2.45, 2.75) is 31.3 Å². The van der Waals surface area contributed by atoms with E-state index in [9.17, 15) is 4.79 Å². The Balaban J connectivity index is 1.51. The Morgan fingerprint density at radius 1 is 1.23 bits per heavy atom. The van der Waals surface area contributed by atoms with Crippen molar-refractivity contribution in [3.63, 3.8) is 0 Å². The molecule has 0 aliphatic carbocycles. The molecule has 1 unspecified atom stereocenters. The second kappa shape index (κ2) is 6.57. The molecule has 0 spiro atoms. The third kappa shape index (κ3) is 3.35. The number of carbonyl (C=O) groups excluding carboxylic acids is 1. The highest BCUT2D eigenvalue weighted by Gasteiger charge is 2.29. The SMILES string of the molecule is COc1cccc(N2CCC(NC3CC(=O)N(C)C3)CC2)c1. The highest BCUT2D eigenvalue weighted by atomic mass is 16.5. The van der Waals surface area contributed by atoms with Gasteiger partial charge < -0.3 is 19.9 Å². The molecule has 2 aliphatic rings. The number of rotatable bonds is 4. The van der Waals surface area contributed by atoms with Crippen LogP contribution in [0.15, 0.2) is 24.3 Å². The minimum Gasteiger partial charge on any atom is -0.497 e. The summed E-state index contributed by atoms with van der Waals surface area (Å²) in [5, 5.41) is 3.66. The van der Waals surface area contributed by atoms with Crippen LogP contribution in [0, 0.1) is 0 Å². The molecule has 1 amide bonds. The number of hydrogen-bond donors (Lipinski definition) is 1. The van der Waals surface area contributed by atoms with Crippen LogP contribution in [0.3, 0.4) is 0 Å². The number of benzene rings is 1. The Hall–Kier alpha value is -1.75. The molecule has 120 valence electrons. The molecule has 1 aromatic carbocycles. The first-order valence-corrected chi connectivity index (χ1v) is 8.04. The van der Waals surface area contributed by atoms with Crippen molar-refractivity contribution in [2.24, 2.45) is 0 Å². The van der Waals surface area contributed by atoms with E-state index >= 15 is 0 Å². The Labute approximate surface area is 132 Å². The van der Waals surface area contributed by atoms with Gasteiger partial charge in [-0.2, -0.15) is 0 Å². The Kier molecular flexibility index (Phi) is 4.52. The van der Waals surface area contributed by atoms with E-state index in [1.165, 1.54) is 5.69 Å². The van der Waals surface area contributed by atoms with Gasteiger partial charge in [-0.1, -0.05) is 6.07 Å². The number of ether oxygens (including phenoxy) is 1. The van der Waals surface area contributed by atoms with Crippen molar-refractivity contribution in [3.8, 4) is 5.75 Å². The molecule has 3 rings (SSSR count). The Morgan fingerprint density at radius 2 is 2.00 bits per heavy atom. The fourth-order valence-corrected chi connectivity index (χ4v) is 3.42. The van der Waals surface area contributed by atoms with E-state index in [4.69, 9.17) is 4.74 Å². The molecule has 1 aromatic rings. The highest BCUT2D eigenvalue weighted by Crippen LogP contribution is 2.24. The molecular formula is C17H25N3O2.